The Bertz CT molecular complexity index is 379. The second-order valence-corrected chi connectivity index (χ2v) is 8.05. The third-order valence-electron chi connectivity index (χ3n) is 6.07. The minimum absolute atomic E-state index is 0.215. The number of nitrogens with zero attached hydrogens (tertiary/aromatic N) is 1. The third kappa shape index (κ3) is 2.61. The summed E-state index contributed by atoms with van der Waals surface area (Å²) in [5.74, 6) is 0.182. The number of fused-ring (bicyclic) bond motifs is 1. The molecule has 0 aromatic carbocycles. The number of likely N-dealkylation sites (tertiary alicyclic amines) is 1. The highest BCUT2D eigenvalue weighted by molar-refractivity contribution is 5.73. The van der Waals surface area contributed by atoms with Crippen LogP contribution in [0.3, 0.4) is 0 Å². The fraction of sp³-hybridized carbons (Fsp3) is 0.941. The van der Waals surface area contributed by atoms with E-state index < -0.39 is 5.97 Å². The molecule has 3 fully saturated rings. The molecule has 3 aliphatic rings. The minimum Gasteiger partial charge on any atom is -0.480 e. The molecule has 114 valence electrons. The van der Waals surface area contributed by atoms with Gasteiger partial charge in [-0.15, -0.1) is 0 Å². The molecule has 3 heteroatoms. The molecule has 2 saturated carbocycles. The second kappa shape index (κ2) is 5.32. The summed E-state index contributed by atoms with van der Waals surface area (Å²) in [4.78, 5) is 14.2. The quantitative estimate of drug-likeness (QED) is 0.838. The Labute approximate surface area is 122 Å². The molecule has 2 aliphatic carbocycles. The van der Waals surface area contributed by atoms with Crippen molar-refractivity contribution in [2.45, 2.75) is 89.8 Å². The van der Waals surface area contributed by atoms with Crippen molar-refractivity contribution >= 4 is 5.97 Å². The van der Waals surface area contributed by atoms with E-state index in [1.807, 2.05) is 0 Å². The van der Waals surface area contributed by atoms with Crippen molar-refractivity contribution in [1.82, 2.24) is 4.90 Å². The van der Waals surface area contributed by atoms with Gasteiger partial charge in [0.15, 0.2) is 0 Å². The number of carboxylic acids is 1. The molecule has 0 spiro atoms. The lowest BCUT2D eigenvalue weighted by Gasteiger charge is -2.50. The molecule has 0 aromatic rings. The zero-order valence-electron chi connectivity index (χ0n) is 13.0. The Kier molecular flexibility index (Phi) is 3.83. The van der Waals surface area contributed by atoms with E-state index in [4.69, 9.17) is 0 Å². The molecule has 1 saturated heterocycles. The van der Waals surface area contributed by atoms with Gasteiger partial charge in [0.2, 0.25) is 0 Å². The van der Waals surface area contributed by atoms with Gasteiger partial charge < -0.3 is 5.11 Å². The van der Waals surface area contributed by atoms with Crippen molar-refractivity contribution in [2.75, 3.05) is 0 Å². The monoisotopic (exact) mass is 279 g/mol. The van der Waals surface area contributed by atoms with Crippen LogP contribution in [0, 0.1) is 11.3 Å². The van der Waals surface area contributed by atoms with E-state index in [1.54, 1.807) is 0 Å². The van der Waals surface area contributed by atoms with Gasteiger partial charge in [0, 0.05) is 12.1 Å². The van der Waals surface area contributed by atoms with Gasteiger partial charge >= 0.3 is 5.97 Å². The van der Waals surface area contributed by atoms with Crippen LogP contribution in [0.25, 0.3) is 0 Å². The first-order chi connectivity index (χ1) is 9.48. The maximum absolute atomic E-state index is 11.7. The molecule has 0 aromatic heterocycles. The lowest BCUT2D eigenvalue weighted by Crippen LogP contribution is -2.58. The Morgan fingerprint density at radius 2 is 1.85 bits per heavy atom. The molecule has 3 rings (SSSR count). The normalized spacial score (nSPS) is 41.3. The van der Waals surface area contributed by atoms with Gasteiger partial charge in [-0.25, -0.2) is 0 Å². The first-order valence-corrected chi connectivity index (χ1v) is 8.48. The summed E-state index contributed by atoms with van der Waals surface area (Å²) < 4.78 is 0. The summed E-state index contributed by atoms with van der Waals surface area (Å²) in [7, 11) is 0. The first kappa shape index (κ1) is 14.4. The average molecular weight is 279 g/mol. The highest BCUT2D eigenvalue weighted by Gasteiger charge is 2.47. The van der Waals surface area contributed by atoms with E-state index >= 15 is 0 Å². The highest BCUT2D eigenvalue weighted by atomic mass is 16.4. The molecule has 1 aliphatic heterocycles. The number of rotatable bonds is 2. The van der Waals surface area contributed by atoms with Crippen molar-refractivity contribution in [3.05, 3.63) is 0 Å². The molecule has 1 N–H and O–H groups in total. The summed E-state index contributed by atoms with van der Waals surface area (Å²) >= 11 is 0. The molecule has 3 nitrogen and oxygen atoms in total. The SMILES string of the molecule is CC1(C)CCC(N2C(C(=O)O)CCC3CCCCC32)C1. The first-order valence-electron chi connectivity index (χ1n) is 8.48. The Hall–Kier alpha value is -0.570. The third-order valence-corrected chi connectivity index (χ3v) is 6.07. The zero-order chi connectivity index (χ0) is 14.3. The standard InChI is InChI=1S/C17H29NO2/c1-17(2)10-9-13(11-17)18-14-6-4-3-5-12(14)7-8-15(18)16(19)20/h12-15H,3-11H2,1-2H3,(H,19,20). The number of aliphatic carboxylic acids is 1. The van der Waals surface area contributed by atoms with Crippen LogP contribution in [0.4, 0.5) is 0 Å². The summed E-state index contributed by atoms with van der Waals surface area (Å²) in [5.41, 5.74) is 0.398. The van der Waals surface area contributed by atoms with Crippen molar-refractivity contribution in [3.63, 3.8) is 0 Å². The minimum atomic E-state index is -0.585. The number of carboxylic acid groups (broad SMARTS) is 1. The van der Waals surface area contributed by atoms with E-state index in [0.29, 0.717) is 17.5 Å². The molecular weight excluding hydrogens is 250 g/mol. The van der Waals surface area contributed by atoms with Crippen LogP contribution in [-0.2, 0) is 4.79 Å². The Balaban J connectivity index is 1.82. The number of hydrogen-bond acceptors (Lipinski definition) is 2. The lowest BCUT2D eigenvalue weighted by molar-refractivity contribution is -0.150. The average Bonchev–Trinajstić information content (AvgIpc) is 2.77. The summed E-state index contributed by atoms with van der Waals surface area (Å²) in [6.45, 7) is 4.68. The molecule has 0 amide bonds. The van der Waals surface area contributed by atoms with Gasteiger partial charge in [0.05, 0.1) is 0 Å². The number of piperidine rings is 1. The second-order valence-electron chi connectivity index (χ2n) is 8.05. The van der Waals surface area contributed by atoms with E-state index in [1.165, 1.54) is 44.9 Å². The van der Waals surface area contributed by atoms with Crippen molar-refractivity contribution in [2.24, 2.45) is 11.3 Å². The van der Waals surface area contributed by atoms with Gasteiger partial charge in [-0.3, -0.25) is 9.69 Å². The van der Waals surface area contributed by atoms with Gasteiger partial charge in [-0.05, 0) is 56.3 Å². The van der Waals surface area contributed by atoms with Crippen LogP contribution in [-0.4, -0.2) is 34.1 Å². The van der Waals surface area contributed by atoms with Gasteiger partial charge in [-0.2, -0.15) is 0 Å². The van der Waals surface area contributed by atoms with Crippen LogP contribution in [0.2, 0.25) is 0 Å². The molecule has 0 bridgehead atoms. The van der Waals surface area contributed by atoms with E-state index in [9.17, 15) is 9.90 Å². The molecule has 4 unspecified atom stereocenters. The fourth-order valence-electron chi connectivity index (χ4n) is 5.10. The molecule has 1 heterocycles. The lowest BCUT2D eigenvalue weighted by atomic mass is 9.75. The maximum Gasteiger partial charge on any atom is 0.320 e. The fourth-order valence-corrected chi connectivity index (χ4v) is 5.10. The van der Waals surface area contributed by atoms with Crippen LogP contribution >= 0.6 is 0 Å². The Morgan fingerprint density at radius 1 is 1.10 bits per heavy atom. The summed E-state index contributed by atoms with van der Waals surface area (Å²) in [6, 6.07) is 0.850. The maximum atomic E-state index is 11.7. The van der Waals surface area contributed by atoms with Gasteiger partial charge in [0.25, 0.3) is 0 Å². The van der Waals surface area contributed by atoms with Crippen LogP contribution in [0.5, 0.6) is 0 Å². The largest absolute Gasteiger partial charge is 0.480 e. The zero-order valence-corrected chi connectivity index (χ0v) is 13.0. The predicted octanol–water partition coefficient (Wildman–Crippen LogP) is 3.67. The Morgan fingerprint density at radius 3 is 2.50 bits per heavy atom. The molecular formula is C17H29NO2. The summed E-state index contributed by atoms with van der Waals surface area (Å²) in [5, 5.41) is 9.65. The van der Waals surface area contributed by atoms with E-state index in [0.717, 1.165) is 18.8 Å². The van der Waals surface area contributed by atoms with Crippen molar-refractivity contribution in [1.29, 1.82) is 0 Å². The van der Waals surface area contributed by atoms with Crippen LogP contribution in [0.1, 0.15) is 71.6 Å². The van der Waals surface area contributed by atoms with Crippen molar-refractivity contribution in [3.8, 4) is 0 Å². The van der Waals surface area contributed by atoms with E-state index in [-0.39, 0.29) is 6.04 Å². The van der Waals surface area contributed by atoms with Gasteiger partial charge in [-0.1, -0.05) is 26.7 Å². The smallest absolute Gasteiger partial charge is 0.320 e. The highest BCUT2D eigenvalue weighted by Crippen LogP contribution is 2.46. The van der Waals surface area contributed by atoms with Crippen LogP contribution < -0.4 is 0 Å². The number of carbonyl (C=O) groups is 1. The van der Waals surface area contributed by atoms with E-state index in [2.05, 4.69) is 18.7 Å². The summed E-state index contributed by atoms with van der Waals surface area (Å²) in [6.07, 6.45) is 10.8. The molecule has 20 heavy (non-hydrogen) atoms. The topological polar surface area (TPSA) is 40.5 Å². The van der Waals surface area contributed by atoms with Crippen LogP contribution in [0.15, 0.2) is 0 Å². The van der Waals surface area contributed by atoms with Gasteiger partial charge in [0.1, 0.15) is 6.04 Å². The molecule has 0 radical (unpaired) electrons. The predicted molar refractivity (Wildman–Crippen MR) is 79.7 cm³/mol. The van der Waals surface area contributed by atoms with Crippen molar-refractivity contribution < 1.29 is 9.90 Å². The number of hydrogen-bond donors (Lipinski definition) is 1. The molecule has 4 atom stereocenters.